The molecule has 0 spiro atoms. The summed E-state index contributed by atoms with van der Waals surface area (Å²) in [5.74, 6) is 0.0344. The van der Waals surface area contributed by atoms with Crippen molar-refractivity contribution in [2.75, 3.05) is 11.6 Å². The van der Waals surface area contributed by atoms with Crippen LogP contribution >= 0.6 is 11.8 Å². The van der Waals surface area contributed by atoms with Crippen molar-refractivity contribution < 1.29 is 17.9 Å². The molecular weight excluding hydrogens is 343 g/mol. The first kappa shape index (κ1) is 16.2. The molecule has 10 heteroatoms. The Bertz CT molecular complexity index is 874. The summed E-state index contributed by atoms with van der Waals surface area (Å²) in [6, 6.07) is 5.46. The van der Waals surface area contributed by atoms with E-state index in [1.165, 1.54) is 36.3 Å². The van der Waals surface area contributed by atoms with E-state index in [-0.39, 0.29) is 5.75 Å². The van der Waals surface area contributed by atoms with Crippen LogP contribution in [0.2, 0.25) is 0 Å². The maximum Gasteiger partial charge on any atom is 0.573 e. The molecule has 1 aromatic carbocycles. The van der Waals surface area contributed by atoms with Gasteiger partial charge < -0.3 is 10.1 Å². The molecule has 2 aromatic heterocycles. The zero-order chi connectivity index (χ0) is 17.2. The minimum absolute atomic E-state index is 0.328. The number of thioether (sulfide) groups is 1. The van der Waals surface area contributed by atoms with E-state index < -0.39 is 6.36 Å². The molecule has 0 aliphatic rings. The van der Waals surface area contributed by atoms with Crippen molar-refractivity contribution in [3.63, 3.8) is 0 Å². The lowest BCUT2D eigenvalue weighted by atomic mass is 10.3. The molecule has 0 atom stereocenters. The van der Waals surface area contributed by atoms with Gasteiger partial charge in [0.2, 0.25) is 0 Å². The first-order valence-electron chi connectivity index (χ1n) is 6.59. The molecule has 0 saturated carbocycles. The lowest BCUT2D eigenvalue weighted by molar-refractivity contribution is -0.274. The Morgan fingerprint density at radius 3 is 2.75 bits per heavy atom. The predicted molar refractivity (Wildman–Crippen MR) is 83.3 cm³/mol. The molecule has 0 aliphatic heterocycles. The van der Waals surface area contributed by atoms with Gasteiger partial charge >= 0.3 is 6.36 Å². The van der Waals surface area contributed by atoms with E-state index in [9.17, 15) is 13.2 Å². The molecule has 1 N–H and O–H groups in total. The molecule has 0 aliphatic carbocycles. The highest BCUT2D eigenvalue weighted by Gasteiger charge is 2.31. The number of ether oxygens (including phenoxy) is 1. The molecule has 2 heterocycles. The number of nitrogens with zero attached hydrogens (tertiary/aromatic N) is 4. The minimum atomic E-state index is -4.75. The Morgan fingerprint density at radius 2 is 2.00 bits per heavy atom. The van der Waals surface area contributed by atoms with Crippen LogP contribution in [0.25, 0.3) is 11.0 Å². The van der Waals surface area contributed by atoms with Crippen molar-refractivity contribution in [2.24, 2.45) is 0 Å². The van der Waals surface area contributed by atoms with E-state index in [1.807, 2.05) is 6.26 Å². The summed E-state index contributed by atoms with van der Waals surface area (Å²) in [7, 11) is 0. The van der Waals surface area contributed by atoms with Gasteiger partial charge in [-0.15, -0.1) is 13.2 Å². The first-order chi connectivity index (χ1) is 11.4. The monoisotopic (exact) mass is 353 g/mol. The van der Waals surface area contributed by atoms with E-state index in [0.717, 1.165) is 0 Å². The largest absolute Gasteiger partial charge is 0.573 e. The number of nitrogens with one attached hydrogen (secondary N) is 1. The van der Waals surface area contributed by atoms with Gasteiger partial charge in [0, 0.05) is 11.8 Å². The highest BCUT2D eigenvalue weighted by molar-refractivity contribution is 7.98. The molecule has 0 bridgehead atoms. The smallest absolute Gasteiger partial charge is 0.406 e. The highest BCUT2D eigenvalue weighted by atomic mass is 32.2. The molecule has 3 rings (SSSR count). The molecule has 0 fully saturated rings. The van der Waals surface area contributed by atoms with Crippen LogP contribution in [0.5, 0.6) is 5.75 Å². The van der Waals surface area contributed by atoms with Crippen LogP contribution in [0, 0.1) is 0 Å². The minimum Gasteiger partial charge on any atom is -0.406 e. The van der Waals surface area contributed by atoms with Gasteiger partial charge in [-0.1, -0.05) is 17.8 Å². The fourth-order valence-electron chi connectivity index (χ4n) is 1.94. The van der Waals surface area contributed by atoms with Crippen molar-refractivity contribution in [1.29, 1.82) is 0 Å². The number of benzene rings is 1. The van der Waals surface area contributed by atoms with Gasteiger partial charge in [-0.25, -0.2) is 19.9 Å². The Morgan fingerprint density at radius 1 is 1.17 bits per heavy atom. The highest BCUT2D eigenvalue weighted by Crippen LogP contribution is 2.28. The zero-order valence-corrected chi connectivity index (χ0v) is 13.0. The van der Waals surface area contributed by atoms with Gasteiger partial charge in [-0.05, 0) is 18.4 Å². The molecule has 0 unspecified atom stereocenters. The van der Waals surface area contributed by atoms with Crippen LogP contribution in [-0.2, 0) is 0 Å². The fourth-order valence-corrected chi connectivity index (χ4v) is 2.28. The third-order valence-electron chi connectivity index (χ3n) is 2.87. The third-order valence-corrected chi connectivity index (χ3v) is 3.43. The Kier molecular flexibility index (Phi) is 4.38. The number of rotatable bonds is 4. The Balaban J connectivity index is 1.94. The lowest BCUT2D eigenvalue weighted by Gasteiger charge is -2.11. The summed E-state index contributed by atoms with van der Waals surface area (Å²) in [5, 5.41) is 3.46. The number of halogens is 3. The van der Waals surface area contributed by atoms with Crippen molar-refractivity contribution in [3.05, 3.63) is 36.8 Å². The third kappa shape index (κ3) is 3.82. The number of fused-ring (bicyclic) bond motifs is 1. The van der Waals surface area contributed by atoms with Gasteiger partial charge in [0.1, 0.15) is 23.1 Å². The van der Waals surface area contributed by atoms with Gasteiger partial charge in [-0.2, -0.15) is 0 Å². The van der Waals surface area contributed by atoms with Gasteiger partial charge in [0.25, 0.3) is 0 Å². The maximum atomic E-state index is 12.3. The standard InChI is InChI=1S/C14H10F3N5OS/c1-24-13-18-6-10-11(22-13)12(20-7-19-10)21-8-3-2-4-9(5-8)23-14(15,16)17/h2-7H,1H3,(H,19,20,21). The summed E-state index contributed by atoms with van der Waals surface area (Å²) < 4.78 is 40.8. The second kappa shape index (κ2) is 6.48. The van der Waals surface area contributed by atoms with Crippen LogP contribution in [0.1, 0.15) is 0 Å². The number of anilines is 2. The molecule has 24 heavy (non-hydrogen) atoms. The number of alkyl halides is 3. The summed E-state index contributed by atoms with van der Waals surface area (Å²) in [6.45, 7) is 0. The van der Waals surface area contributed by atoms with Gasteiger partial charge in [0.15, 0.2) is 11.0 Å². The van der Waals surface area contributed by atoms with E-state index in [4.69, 9.17) is 0 Å². The SMILES string of the molecule is CSc1ncc2ncnc(Nc3cccc(OC(F)(F)F)c3)c2n1. The average Bonchev–Trinajstić information content (AvgIpc) is 2.53. The van der Waals surface area contributed by atoms with Crippen molar-refractivity contribution in [3.8, 4) is 5.75 Å². The van der Waals surface area contributed by atoms with Crippen molar-refractivity contribution >= 4 is 34.3 Å². The van der Waals surface area contributed by atoms with Gasteiger partial charge in [-0.3, -0.25) is 0 Å². The van der Waals surface area contributed by atoms with Crippen LogP contribution in [0.3, 0.4) is 0 Å². The van der Waals surface area contributed by atoms with Crippen molar-refractivity contribution in [2.45, 2.75) is 11.5 Å². The Hall–Kier alpha value is -2.62. The second-order valence-corrected chi connectivity index (χ2v) is 5.29. The van der Waals surface area contributed by atoms with E-state index in [2.05, 4.69) is 30.0 Å². The van der Waals surface area contributed by atoms with Crippen LogP contribution < -0.4 is 10.1 Å². The van der Waals surface area contributed by atoms with Crippen LogP contribution in [0.4, 0.5) is 24.7 Å². The average molecular weight is 353 g/mol. The lowest BCUT2D eigenvalue weighted by Crippen LogP contribution is -2.17. The summed E-state index contributed by atoms with van der Waals surface area (Å²) in [5.41, 5.74) is 1.37. The quantitative estimate of drug-likeness (QED) is 0.565. The fraction of sp³-hybridized carbons (Fsp3) is 0.143. The summed E-state index contributed by atoms with van der Waals surface area (Å²) in [6.07, 6.45) is -0.0379. The predicted octanol–water partition coefficient (Wildman–Crippen LogP) is 3.78. The zero-order valence-electron chi connectivity index (χ0n) is 12.2. The molecule has 0 amide bonds. The molecule has 3 aromatic rings. The molecule has 124 valence electrons. The van der Waals surface area contributed by atoms with Gasteiger partial charge in [0.05, 0.1) is 6.20 Å². The van der Waals surface area contributed by atoms with Crippen LogP contribution in [0.15, 0.2) is 41.9 Å². The maximum absolute atomic E-state index is 12.3. The normalized spacial score (nSPS) is 11.5. The Labute approximate surface area is 138 Å². The van der Waals surface area contributed by atoms with E-state index >= 15 is 0 Å². The van der Waals surface area contributed by atoms with Crippen LogP contribution in [-0.4, -0.2) is 32.6 Å². The molecule has 6 nitrogen and oxygen atoms in total. The summed E-state index contributed by atoms with van der Waals surface area (Å²) in [4.78, 5) is 16.6. The second-order valence-electron chi connectivity index (χ2n) is 4.51. The topological polar surface area (TPSA) is 72.8 Å². The number of hydrogen-bond acceptors (Lipinski definition) is 7. The van der Waals surface area contributed by atoms with E-state index in [0.29, 0.717) is 27.7 Å². The summed E-state index contributed by atoms with van der Waals surface area (Å²) >= 11 is 1.36. The van der Waals surface area contributed by atoms with Crippen molar-refractivity contribution in [1.82, 2.24) is 19.9 Å². The molecule has 0 radical (unpaired) electrons. The molecular formula is C14H10F3N5OS. The van der Waals surface area contributed by atoms with E-state index in [1.54, 1.807) is 12.3 Å². The number of hydrogen-bond donors (Lipinski definition) is 1. The number of aromatic nitrogens is 4. The molecule has 0 saturated heterocycles. The first-order valence-corrected chi connectivity index (χ1v) is 7.81.